The summed E-state index contributed by atoms with van der Waals surface area (Å²) in [6.07, 6.45) is 1.35. The normalized spacial score (nSPS) is 20.8. The minimum absolute atomic E-state index is 0.0655. The van der Waals surface area contributed by atoms with Crippen LogP contribution in [-0.2, 0) is 22.8 Å². The summed E-state index contributed by atoms with van der Waals surface area (Å²) in [6, 6.07) is 21.3. The van der Waals surface area contributed by atoms with Crippen LogP contribution >= 0.6 is 7.60 Å². The zero-order chi connectivity index (χ0) is 26.6. The Balaban J connectivity index is 1.94. The van der Waals surface area contributed by atoms with Crippen LogP contribution in [0.5, 0.6) is 0 Å². The lowest BCUT2D eigenvalue weighted by Gasteiger charge is -2.44. The topological polar surface area (TPSA) is 54.0 Å². The van der Waals surface area contributed by atoms with E-state index < -0.39 is 21.5 Å². The van der Waals surface area contributed by atoms with E-state index >= 15 is 0 Å². The van der Waals surface area contributed by atoms with E-state index in [0.717, 1.165) is 12.8 Å². The standard InChI is InChI=1S/C29H45O5PSi/c1-9-25-20-29(25,31-22-35(30,33-23(2)3)34-24(4)5)21-32-36(28(6,7)8,26-16-12-10-13-17-26)27-18-14-11-15-19-27/h10-19,23-25H,9,20-22H2,1-8H3. The third-order valence-electron chi connectivity index (χ3n) is 6.87. The summed E-state index contributed by atoms with van der Waals surface area (Å²) in [4.78, 5) is 0. The van der Waals surface area contributed by atoms with Gasteiger partial charge in [0.1, 0.15) is 6.35 Å². The highest BCUT2D eigenvalue weighted by Crippen LogP contribution is 2.56. The predicted octanol–water partition coefficient (Wildman–Crippen LogP) is 6.75. The van der Waals surface area contributed by atoms with Crippen molar-refractivity contribution in [2.24, 2.45) is 5.92 Å². The van der Waals surface area contributed by atoms with Crippen molar-refractivity contribution in [3.63, 3.8) is 0 Å². The summed E-state index contributed by atoms with van der Waals surface area (Å²) in [5.41, 5.74) is -0.488. The van der Waals surface area contributed by atoms with Gasteiger partial charge in [0.05, 0.1) is 24.4 Å². The van der Waals surface area contributed by atoms with Gasteiger partial charge in [-0.05, 0) is 55.4 Å². The first-order chi connectivity index (χ1) is 16.9. The van der Waals surface area contributed by atoms with Crippen LogP contribution < -0.4 is 10.4 Å². The van der Waals surface area contributed by atoms with E-state index in [1.165, 1.54) is 10.4 Å². The van der Waals surface area contributed by atoms with Crippen molar-refractivity contribution in [3.05, 3.63) is 60.7 Å². The summed E-state index contributed by atoms with van der Waals surface area (Å²) >= 11 is 0. The SMILES string of the molecule is CCC1CC1(CO[Si](c1ccccc1)(c1ccccc1)C(C)(C)C)OCP(=O)(OC(C)C)OC(C)C. The number of hydrogen-bond donors (Lipinski definition) is 0. The van der Waals surface area contributed by atoms with Gasteiger partial charge in [0.2, 0.25) is 0 Å². The molecule has 2 unspecified atom stereocenters. The first-order valence-corrected chi connectivity index (χ1v) is 16.9. The summed E-state index contributed by atoms with van der Waals surface area (Å²) in [5.74, 6) is 0.349. The smallest absolute Gasteiger partial charge is 0.356 e. The molecule has 5 nitrogen and oxygen atoms in total. The van der Waals surface area contributed by atoms with Gasteiger partial charge in [-0.1, -0.05) is 94.8 Å². The van der Waals surface area contributed by atoms with Crippen molar-refractivity contribution in [1.82, 2.24) is 0 Å². The number of benzene rings is 2. The molecule has 2 atom stereocenters. The van der Waals surface area contributed by atoms with Crippen LogP contribution in [0.1, 0.15) is 68.2 Å². The molecule has 7 heteroatoms. The van der Waals surface area contributed by atoms with Crippen molar-refractivity contribution in [1.29, 1.82) is 0 Å². The summed E-state index contributed by atoms with van der Waals surface area (Å²) in [6.45, 7) is 16.9. The summed E-state index contributed by atoms with van der Waals surface area (Å²) < 4.78 is 38.7. The third-order valence-corrected chi connectivity index (χ3v) is 13.8. The molecular weight excluding hydrogens is 487 g/mol. The predicted molar refractivity (Wildman–Crippen MR) is 151 cm³/mol. The summed E-state index contributed by atoms with van der Waals surface area (Å²) in [7, 11) is -6.10. The molecule has 1 aliphatic carbocycles. The zero-order valence-corrected chi connectivity index (χ0v) is 25.2. The van der Waals surface area contributed by atoms with E-state index in [-0.39, 0.29) is 23.6 Å². The fourth-order valence-corrected chi connectivity index (χ4v) is 11.7. The minimum Gasteiger partial charge on any atom is -0.404 e. The molecule has 0 bridgehead atoms. The molecule has 0 N–H and O–H groups in total. The molecule has 1 aliphatic rings. The Morgan fingerprint density at radius 3 is 1.75 bits per heavy atom. The van der Waals surface area contributed by atoms with Gasteiger partial charge in [0.15, 0.2) is 0 Å². The van der Waals surface area contributed by atoms with Crippen molar-refractivity contribution in [3.8, 4) is 0 Å². The first kappa shape index (κ1) is 29.3. The fraction of sp³-hybridized carbons (Fsp3) is 0.586. The average Bonchev–Trinajstić information content (AvgIpc) is 3.51. The molecule has 0 heterocycles. The van der Waals surface area contributed by atoms with E-state index in [0.29, 0.717) is 12.5 Å². The van der Waals surface area contributed by atoms with Gasteiger partial charge in [-0.2, -0.15) is 0 Å². The largest absolute Gasteiger partial charge is 0.404 e. The fourth-order valence-electron chi connectivity index (χ4n) is 5.20. The zero-order valence-electron chi connectivity index (χ0n) is 23.3. The van der Waals surface area contributed by atoms with Gasteiger partial charge in [0, 0.05) is 0 Å². The molecule has 0 aliphatic heterocycles. The lowest BCUT2D eigenvalue weighted by Crippen LogP contribution is -2.67. The molecule has 0 radical (unpaired) electrons. The lowest BCUT2D eigenvalue weighted by atomic mass is 10.2. The summed E-state index contributed by atoms with van der Waals surface area (Å²) in [5, 5.41) is 2.36. The quantitative estimate of drug-likeness (QED) is 0.211. The van der Waals surface area contributed by atoms with Gasteiger partial charge in [-0.15, -0.1) is 0 Å². The third kappa shape index (κ3) is 6.59. The highest BCUT2D eigenvalue weighted by molar-refractivity contribution is 7.53. The average molecular weight is 533 g/mol. The maximum Gasteiger partial charge on any atom is 0.356 e. The molecule has 1 fully saturated rings. The van der Waals surface area contributed by atoms with E-state index in [2.05, 4.69) is 88.4 Å². The van der Waals surface area contributed by atoms with Gasteiger partial charge in [-0.25, -0.2) is 0 Å². The monoisotopic (exact) mass is 532 g/mol. The highest BCUT2D eigenvalue weighted by Gasteiger charge is 2.59. The molecule has 1 saturated carbocycles. The lowest BCUT2D eigenvalue weighted by molar-refractivity contribution is -0.00499. The van der Waals surface area contributed by atoms with Gasteiger partial charge in [0.25, 0.3) is 8.32 Å². The Morgan fingerprint density at radius 1 is 0.917 bits per heavy atom. The number of rotatable bonds is 13. The van der Waals surface area contributed by atoms with Crippen LogP contribution in [0, 0.1) is 5.92 Å². The maximum atomic E-state index is 13.5. The molecular formula is C29H45O5PSi. The minimum atomic E-state index is -3.40. The molecule has 0 amide bonds. The molecule has 0 spiro atoms. The van der Waals surface area contributed by atoms with Crippen LogP contribution in [0.4, 0.5) is 0 Å². The Kier molecular flexibility index (Phi) is 9.46. The van der Waals surface area contributed by atoms with Crippen molar-refractivity contribution in [2.75, 3.05) is 13.0 Å². The van der Waals surface area contributed by atoms with Crippen LogP contribution in [0.2, 0.25) is 5.04 Å². The molecule has 200 valence electrons. The second-order valence-electron chi connectivity index (χ2n) is 11.5. The van der Waals surface area contributed by atoms with E-state index in [9.17, 15) is 4.57 Å². The van der Waals surface area contributed by atoms with Crippen LogP contribution in [0.3, 0.4) is 0 Å². The Bertz CT molecular complexity index is 952. The van der Waals surface area contributed by atoms with Crippen LogP contribution in [0.15, 0.2) is 60.7 Å². The van der Waals surface area contributed by atoms with E-state index in [1.54, 1.807) is 0 Å². The Morgan fingerprint density at radius 2 is 1.39 bits per heavy atom. The molecule has 0 saturated heterocycles. The second-order valence-corrected chi connectivity index (χ2v) is 17.7. The van der Waals surface area contributed by atoms with Gasteiger partial charge in [-0.3, -0.25) is 4.57 Å². The van der Waals surface area contributed by atoms with Crippen molar-refractivity contribution in [2.45, 2.75) is 91.1 Å². The van der Waals surface area contributed by atoms with E-state index in [1.807, 2.05) is 27.7 Å². The van der Waals surface area contributed by atoms with Crippen molar-refractivity contribution < 1.29 is 22.8 Å². The Labute approximate surface area is 219 Å². The number of hydrogen-bond acceptors (Lipinski definition) is 5. The van der Waals surface area contributed by atoms with Gasteiger partial charge >= 0.3 is 7.60 Å². The molecule has 0 aromatic heterocycles. The number of ether oxygens (including phenoxy) is 1. The van der Waals surface area contributed by atoms with Gasteiger partial charge < -0.3 is 18.2 Å². The highest BCUT2D eigenvalue weighted by atomic mass is 31.2. The molecule has 36 heavy (non-hydrogen) atoms. The first-order valence-electron chi connectivity index (χ1n) is 13.2. The van der Waals surface area contributed by atoms with Crippen molar-refractivity contribution >= 4 is 26.3 Å². The molecule has 2 aromatic carbocycles. The van der Waals surface area contributed by atoms with Crippen LogP contribution in [-0.4, -0.2) is 39.1 Å². The molecule has 2 aromatic rings. The second kappa shape index (κ2) is 11.6. The van der Waals surface area contributed by atoms with E-state index in [4.69, 9.17) is 18.2 Å². The van der Waals surface area contributed by atoms with Crippen LogP contribution in [0.25, 0.3) is 0 Å². The molecule has 3 rings (SSSR count). The Hall–Kier alpha value is -1.27. The maximum absolute atomic E-state index is 13.5.